The Morgan fingerprint density at radius 3 is 2.69 bits per heavy atom. The van der Waals surface area contributed by atoms with Crippen LogP contribution in [0.1, 0.15) is 41.6 Å². The zero-order valence-corrected chi connectivity index (χ0v) is 20.5. The van der Waals surface area contributed by atoms with Crippen molar-refractivity contribution >= 4 is 39.1 Å². The number of hydrogen-bond donors (Lipinski definition) is 1. The summed E-state index contributed by atoms with van der Waals surface area (Å²) in [4.78, 5) is 30.6. The third kappa shape index (κ3) is 4.22. The molecule has 0 amide bonds. The van der Waals surface area contributed by atoms with Gasteiger partial charge in [0.1, 0.15) is 5.82 Å². The third-order valence-electron chi connectivity index (χ3n) is 6.19. The summed E-state index contributed by atoms with van der Waals surface area (Å²) in [6.45, 7) is 2.38. The van der Waals surface area contributed by atoms with E-state index in [1.54, 1.807) is 10.6 Å². The lowest BCUT2D eigenvalue weighted by Gasteiger charge is -2.12. The first-order valence-electron chi connectivity index (χ1n) is 11.6. The molecule has 0 unspecified atom stereocenters. The van der Waals surface area contributed by atoms with Gasteiger partial charge in [-0.25, -0.2) is 9.78 Å². The average molecular weight is 503 g/mol. The molecule has 0 bridgehead atoms. The molecule has 5 rings (SSSR count). The van der Waals surface area contributed by atoms with Crippen molar-refractivity contribution in [3.8, 4) is 11.4 Å². The van der Waals surface area contributed by atoms with Crippen molar-refractivity contribution in [2.24, 2.45) is 0 Å². The highest BCUT2D eigenvalue weighted by molar-refractivity contribution is 6.32. The monoisotopic (exact) mass is 502 g/mol. The van der Waals surface area contributed by atoms with E-state index in [-0.39, 0.29) is 16.3 Å². The molecule has 0 aliphatic rings. The van der Waals surface area contributed by atoms with E-state index in [2.05, 4.69) is 32.5 Å². The van der Waals surface area contributed by atoms with Gasteiger partial charge < -0.3 is 9.30 Å². The van der Waals surface area contributed by atoms with Gasteiger partial charge in [0.15, 0.2) is 16.3 Å². The number of carbonyl (C=O) groups excluding carboxylic acids is 1. The molecule has 182 valence electrons. The highest BCUT2D eigenvalue weighted by Crippen LogP contribution is 2.28. The number of methoxy groups -OCH3 is 1. The standard InChI is InChI=1S/C26H23ClN6O3/c1-3-4-9-21-28-24(27)22(26(35)36-2)33(21)14-15-10-11-18-19(12-15)23(34)17-8-6-5-7-16(17)13-20(18)25-29-31-32-30-25/h5-8,10-13H,3-4,9,14H2,1-2H3,(H,29,30,31,32). The summed E-state index contributed by atoms with van der Waals surface area (Å²) >= 11 is 6.34. The van der Waals surface area contributed by atoms with Gasteiger partial charge in [0.05, 0.1) is 7.11 Å². The number of hydrogen-bond acceptors (Lipinski definition) is 7. The fourth-order valence-corrected chi connectivity index (χ4v) is 4.69. The fraction of sp³-hybridized carbons (Fsp3) is 0.231. The number of unbranched alkanes of at least 4 members (excludes halogenated alkanes) is 1. The average Bonchev–Trinajstić information content (AvgIpc) is 3.51. The van der Waals surface area contributed by atoms with Crippen molar-refractivity contribution in [1.82, 2.24) is 30.2 Å². The lowest BCUT2D eigenvalue weighted by molar-refractivity contribution is 0.0589. The van der Waals surface area contributed by atoms with Crippen molar-refractivity contribution in [3.63, 3.8) is 0 Å². The molecule has 3 aromatic carbocycles. The number of tetrazole rings is 1. The van der Waals surface area contributed by atoms with Crippen LogP contribution in [-0.2, 0) is 17.7 Å². The largest absolute Gasteiger partial charge is 0.464 e. The lowest BCUT2D eigenvalue weighted by atomic mass is 10.0. The Kier molecular flexibility index (Phi) is 6.47. The molecule has 0 saturated carbocycles. The van der Waals surface area contributed by atoms with Gasteiger partial charge in [0, 0.05) is 29.3 Å². The van der Waals surface area contributed by atoms with Crippen LogP contribution in [0.25, 0.3) is 32.9 Å². The Balaban J connectivity index is 1.72. The molecule has 0 aliphatic heterocycles. The first kappa shape index (κ1) is 23.6. The van der Waals surface area contributed by atoms with Crippen LogP contribution >= 0.6 is 11.6 Å². The van der Waals surface area contributed by atoms with Gasteiger partial charge in [0.25, 0.3) is 0 Å². The molecule has 0 radical (unpaired) electrons. The minimum atomic E-state index is -0.558. The number of fused-ring (bicyclic) bond motifs is 2. The van der Waals surface area contributed by atoms with E-state index in [1.807, 2.05) is 42.5 Å². The predicted molar refractivity (Wildman–Crippen MR) is 137 cm³/mol. The van der Waals surface area contributed by atoms with Gasteiger partial charge in [-0.15, -0.1) is 10.2 Å². The number of aromatic amines is 1. The van der Waals surface area contributed by atoms with Gasteiger partial charge in [-0.1, -0.05) is 61.3 Å². The van der Waals surface area contributed by atoms with Gasteiger partial charge in [-0.05, 0) is 40.1 Å². The van der Waals surface area contributed by atoms with Crippen LogP contribution in [0.4, 0.5) is 0 Å². The number of halogens is 1. The van der Waals surface area contributed by atoms with Crippen molar-refractivity contribution in [2.45, 2.75) is 32.7 Å². The highest BCUT2D eigenvalue weighted by atomic mass is 35.5. The zero-order chi connectivity index (χ0) is 25.2. The number of nitrogens with one attached hydrogen (secondary N) is 1. The van der Waals surface area contributed by atoms with Crippen LogP contribution < -0.4 is 5.43 Å². The Morgan fingerprint density at radius 1 is 1.11 bits per heavy atom. The van der Waals surface area contributed by atoms with E-state index in [0.29, 0.717) is 46.3 Å². The van der Waals surface area contributed by atoms with Gasteiger partial charge in [-0.2, -0.15) is 5.21 Å². The normalized spacial score (nSPS) is 11.3. The molecule has 0 saturated heterocycles. The number of ether oxygens (including phenoxy) is 1. The van der Waals surface area contributed by atoms with Gasteiger partial charge >= 0.3 is 5.97 Å². The molecule has 9 nitrogen and oxygen atoms in total. The molecule has 0 fully saturated rings. The summed E-state index contributed by atoms with van der Waals surface area (Å²) in [5, 5.41) is 17.1. The second-order valence-electron chi connectivity index (χ2n) is 8.44. The molecule has 0 atom stereocenters. The summed E-state index contributed by atoms with van der Waals surface area (Å²) < 4.78 is 6.74. The minimum Gasteiger partial charge on any atom is -0.464 e. The summed E-state index contributed by atoms with van der Waals surface area (Å²) in [7, 11) is 1.31. The molecular formula is C26H23ClN6O3. The first-order valence-corrected chi connectivity index (χ1v) is 11.9. The quantitative estimate of drug-likeness (QED) is 0.324. The summed E-state index contributed by atoms with van der Waals surface area (Å²) in [6.07, 6.45) is 2.53. The number of aromatic nitrogens is 6. The SMILES string of the molecule is CCCCc1nc(Cl)c(C(=O)OC)n1Cc1ccc2c(-c3nn[nH]n3)cc3ccccc3c(=O)c2c1. The number of aryl methyl sites for hydroxylation is 1. The first-order chi connectivity index (χ1) is 17.5. The lowest BCUT2D eigenvalue weighted by Crippen LogP contribution is -2.14. The maximum Gasteiger partial charge on any atom is 0.357 e. The number of carbonyl (C=O) groups is 1. The molecule has 2 aromatic heterocycles. The number of nitrogens with zero attached hydrogens (tertiary/aromatic N) is 5. The molecule has 2 heterocycles. The Bertz CT molecular complexity index is 1650. The van der Waals surface area contributed by atoms with Crippen molar-refractivity contribution in [1.29, 1.82) is 0 Å². The summed E-state index contributed by atoms with van der Waals surface area (Å²) in [5.74, 6) is 0.531. The molecule has 10 heteroatoms. The van der Waals surface area contributed by atoms with E-state index < -0.39 is 5.97 Å². The fourth-order valence-electron chi connectivity index (χ4n) is 4.42. The minimum absolute atomic E-state index is 0.107. The number of H-pyrrole nitrogens is 1. The Labute approximate surface area is 211 Å². The van der Waals surface area contributed by atoms with E-state index in [1.165, 1.54) is 7.11 Å². The molecule has 0 aliphatic carbocycles. The number of esters is 1. The second kappa shape index (κ2) is 9.87. The van der Waals surface area contributed by atoms with E-state index in [9.17, 15) is 9.59 Å². The predicted octanol–water partition coefficient (Wildman–Crippen LogP) is 4.56. The van der Waals surface area contributed by atoms with Crippen LogP contribution in [0, 0.1) is 0 Å². The third-order valence-corrected chi connectivity index (χ3v) is 6.45. The van der Waals surface area contributed by atoms with Crippen molar-refractivity contribution < 1.29 is 9.53 Å². The van der Waals surface area contributed by atoms with Crippen LogP contribution in [0.3, 0.4) is 0 Å². The van der Waals surface area contributed by atoms with Crippen LogP contribution in [-0.4, -0.2) is 43.3 Å². The van der Waals surface area contributed by atoms with E-state index >= 15 is 0 Å². The number of imidazole rings is 1. The maximum atomic E-state index is 13.7. The van der Waals surface area contributed by atoms with Crippen molar-refractivity contribution in [3.05, 3.63) is 81.0 Å². The van der Waals surface area contributed by atoms with Crippen LogP contribution in [0.5, 0.6) is 0 Å². The van der Waals surface area contributed by atoms with Gasteiger partial charge in [0.2, 0.25) is 5.82 Å². The highest BCUT2D eigenvalue weighted by Gasteiger charge is 2.23. The second-order valence-corrected chi connectivity index (χ2v) is 8.80. The molecule has 0 spiro atoms. The van der Waals surface area contributed by atoms with E-state index in [4.69, 9.17) is 16.3 Å². The molecule has 1 N–H and O–H groups in total. The van der Waals surface area contributed by atoms with Crippen LogP contribution in [0.15, 0.2) is 53.3 Å². The molecule has 36 heavy (non-hydrogen) atoms. The molecule has 5 aromatic rings. The number of rotatable bonds is 7. The zero-order valence-electron chi connectivity index (χ0n) is 19.8. The van der Waals surface area contributed by atoms with E-state index in [0.717, 1.165) is 23.8 Å². The number of benzene rings is 2. The van der Waals surface area contributed by atoms with Crippen LogP contribution in [0.2, 0.25) is 5.15 Å². The molecular weight excluding hydrogens is 480 g/mol. The summed E-state index contributed by atoms with van der Waals surface area (Å²) in [6, 6.07) is 14.9. The summed E-state index contributed by atoms with van der Waals surface area (Å²) in [5.41, 5.74) is 1.59. The topological polar surface area (TPSA) is 116 Å². The maximum absolute atomic E-state index is 13.7. The smallest absolute Gasteiger partial charge is 0.357 e. The Morgan fingerprint density at radius 2 is 1.94 bits per heavy atom. The Hall–Kier alpha value is -4.11. The van der Waals surface area contributed by atoms with Crippen molar-refractivity contribution in [2.75, 3.05) is 7.11 Å². The van der Waals surface area contributed by atoms with Gasteiger partial charge in [-0.3, -0.25) is 4.79 Å².